The molecular formula is C16H16N2O. The molecule has 3 heteroatoms. The number of para-hydroxylation sites is 1. The molecule has 2 aromatic carbocycles. The summed E-state index contributed by atoms with van der Waals surface area (Å²) in [6.07, 6.45) is 2.86. The maximum absolute atomic E-state index is 9.72. The van der Waals surface area contributed by atoms with Crippen molar-refractivity contribution in [3.05, 3.63) is 48.5 Å². The van der Waals surface area contributed by atoms with E-state index >= 15 is 0 Å². The average Bonchev–Trinajstić information content (AvgIpc) is 2.72. The number of allylic oxidation sites excluding steroid dienone is 1. The molecule has 3 aromatic rings. The molecule has 0 atom stereocenters. The second kappa shape index (κ2) is 4.35. The zero-order chi connectivity index (χ0) is 13.4. The Bertz CT molecular complexity index is 784. The highest BCUT2D eigenvalue weighted by molar-refractivity contribution is 6.10. The summed E-state index contributed by atoms with van der Waals surface area (Å²) < 4.78 is 1.99. The minimum Gasteiger partial charge on any atom is -0.508 e. The van der Waals surface area contributed by atoms with Gasteiger partial charge in [0.2, 0.25) is 0 Å². The van der Waals surface area contributed by atoms with E-state index in [4.69, 9.17) is 5.73 Å². The molecular weight excluding hydrogens is 236 g/mol. The number of aromatic nitrogens is 1. The van der Waals surface area contributed by atoms with Crippen LogP contribution in [-0.2, 0) is 0 Å². The van der Waals surface area contributed by atoms with E-state index in [-0.39, 0.29) is 5.75 Å². The summed E-state index contributed by atoms with van der Waals surface area (Å²) in [6.45, 7) is 2.05. The summed E-state index contributed by atoms with van der Waals surface area (Å²) in [5.74, 6) is 0.945. The lowest BCUT2D eigenvalue weighted by Crippen LogP contribution is -2.05. The van der Waals surface area contributed by atoms with Crippen molar-refractivity contribution in [3.8, 4) is 5.75 Å². The molecule has 0 aliphatic carbocycles. The molecule has 3 rings (SSSR count). The van der Waals surface area contributed by atoms with Crippen molar-refractivity contribution >= 4 is 27.6 Å². The number of nitrogens with two attached hydrogens (primary N) is 1. The van der Waals surface area contributed by atoms with Crippen LogP contribution in [0.1, 0.15) is 13.3 Å². The third-order valence-corrected chi connectivity index (χ3v) is 3.33. The fourth-order valence-electron chi connectivity index (χ4n) is 2.54. The number of aromatic hydroxyl groups is 1. The maximum Gasteiger partial charge on any atom is 0.117 e. The quantitative estimate of drug-likeness (QED) is 0.731. The van der Waals surface area contributed by atoms with Crippen LogP contribution < -0.4 is 5.73 Å². The molecule has 0 saturated heterocycles. The van der Waals surface area contributed by atoms with Gasteiger partial charge in [0, 0.05) is 16.8 Å². The monoisotopic (exact) mass is 252 g/mol. The SMILES string of the molecule is CC/C=C(\N)n1c2ccccc2c2ccc(O)cc21. The number of hydrogen-bond donors (Lipinski definition) is 2. The molecule has 0 saturated carbocycles. The Balaban J connectivity index is 2.50. The van der Waals surface area contributed by atoms with Gasteiger partial charge in [0.15, 0.2) is 0 Å². The predicted octanol–water partition coefficient (Wildman–Crippen LogP) is 3.67. The van der Waals surface area contributed by atoms with Gasteiger partial charge in [-0.3, -0.25) is 4.57 Å². The standard InChI is InChI=1S/C16H16N2O/c1-2-5-16(17)18-14-7-4-3-6-12(14)13-9-8-11(19)10-15(13)18/h3-10,19H,2,17H2,1H3/b16-5+. The third-order valence-electron chi connectivity index (χ3n) is 3.33. The van der Waals surface area contributed by atoms with Crippen molar-refractivity contribution in [2.45, 2.75) is 13.3 Å². The van der Waals surface area contributed by atoms with Crippen LogP contribution in [0.5, 0.6) is 5.75 Å². The number of phenolic OH excluding ortho intramolecular Hbond substituents is 1. The average molecular weight is 252 g/mol. The second-order valence-electron chi connectivity index (χ2n) is 4.59. The van der Waals surface area contributed by atoms with E-state index in [1.54, 1.807) is 12.1 Å². The first-order valence-electron chi connectivity index (χ1n) is 6.40. The van der Waals surface area contributed by atoms with E-state index in [0.29, 0.717) is 5.82 Å². The van der Waals surface area contributed by atoms with Gasteiger partial charge in [-0.15, -0.1) is 0 Å². The number of hydrogen-bond acceptors (Lipinski definition) is 2. The van der Waals surface area contributed by atoms with Crippen LogP contribution in [0.15, 0.2) is 48.5 Å². The van der Waals surface area contributed by atoms with Crippen LogP contribution in [0.3, 0.4) is 0 Å². The fraction of sp³-hybridized carbons (Fsp3) is 0.125. The van der Waals surface area contributed by atoms with Crippen molar-refractivity contribution in [2.75, 3.05) is 0 Å². The van der Waals surface area contributed by atoms with E-state index in [0.717, 1.165) is 28.2 Å². The summed E-state index contributed by atoms with van der Waals surface area (Å²) in [5.41, 5.74) is 8.17. The van der Waals surface area contributed by atoms with Crippen LogP contribution >= 0.6 is 0 Å². The number of rotatable bonds is 2. The number of fused-ring (bicyclic) bond motifs is 3. The van der Waals surface area contributed by atoms with Gasteiger partial charge in [0.05, 0.1) is 11.0 Å². The highest BCUT2D eigenvalue weighted by atomic mass is 16.3. The molecule has 0 aliphatic rings. The summed E-state index contributed by atoms with van der Waals surface area (Å²) in [5, 5.41) is 12.0. The molecule has 0 bridgehead atoms. The first-order chi connectivity index (χ1) is 9.22. The molecule has 0 fully saturated rings. The zero-order valence-corrected chi connectivity index (χ0v) is 10.8. The number of phenols is 1. The Morgan fingerprint density at radius 1 is 1.16 bits per heavy atom. The van der Waals surface area contributed by atoms with Crippen molar-refractivity contribution in [1.29, 1.82) is 0 Å². The fourth-order valence-corrected chi connectivity index (χ4v) is 2.54. The smallest absolute Gasteiger partial charge is 0.117 e. The normalized spacial score (nSPS) is 12.4. The van der Waals surface area contributed by atoms with E-state index in [1.165, 1.54) is 0 Å². The molecule has 3 N–H and O–H groups in total. The first-order valence-corrected chi connectivity index (χ1v) is 6.40. The van der Waals surface area contributed by atoms with Gasteiger partial charge in [0.1, 0.15) is 11.6 Å². The van der Waals surface area contributed by atoms with Gasteiger partial charge < -0.3 is 10.8 Å². The topological polar surface area (TPSA) is 51.2 Å². The number of nitrogens with zero attached hydrogens (tertiary/aromatic N) is 1. The van der Waals surface area contributed by atoms with Gasteiger partial charge >= 0.3 is 0 Å². The lowest BCUT2D eigenvalue weighted by Gasteiger charge is -2.07. The van der Waals surface area contributed by atoms with Crippen LogP contribution in [-0.4, -0.2) is 9.67 Å². The molecule has 0 amide bonds. The van der Waals surface area contributed by atoms with E-state index in [1.807, 2.05) is 34.9 Å². The summed E-state index contributed by atoms with van der Waals surface area (Å²) in [6, 6.07) is 13.5. The zero-order valence-electron chi connectivity index (χ0n) is 10.8. The van der Waals surface area contributed by atoms with E-state index in [9.17, 15) is 5.11 Å². The lowest BCUT2D eigenvalue weighted by atomic mass is 10.1. The number of benzene rings is 2. The first kappa shape index (κ1) is 11.7. The third kappa shape index (κ3) is 1.74. The van der Waals surface area contributed by atoms with E-state index in [2.05, 4.69) is 13.0 Å². The maximum atomic E-state index is 9.72. The van der Waals surface area contributed by atoms with Gasteiger partial charge in [-0.25, -0.2) is 0 Å². The minimum absolute atomic E-state index is 0.251. The Labute approximate surface area is 111 Å². The molecule has 0 radical (unpaired) electrons. The van der Waals surface area contributed by atoms with Gasteiger partial charge in [0.25, 0.3) is 0 Å². The molecule has 0 aliphatic heterocycles. The molecule has 96 valence electrons. The predicted molar refractivity (Wildman–Crippen MR) is 79.9 cm³/mol. The van der Waals surface area contributed by atoms with Crippen molar-refractivity contribution in [1.82, 2.24) is 4.57 Å². The van der Waals surface area contributed by atoms with E-state index < -0.39 is 0 Å². The summed E-state index contributed by atoms with van der Waals surface area (Å²) in [7, 11) is 0. The van der Waals surface area contributed by atoms with Crippen molar-refractivity contribution in [2.24, 2.45) is 5.73 Å². The molecule has 19 heavy (non-hydrogen) atoms. The molecule has 3 nitrogen and oxygen atoms in total. The largest absolute Gasteiger partial charge is 0.508 e. The summed E-state index contributed by atoms with van der Waals surface area (Å²) in [4.78, 5) is 0. The van der Waals surface area contributed by atoms with Crippen LogP contribution in [0.25, 0.3) is 27.6 Å². The Kier molecular flexibility index (Phi) is 2.67. The van der Waals surface area contributed by atoms with Crippen molar-refractivity contribution in [3.63, 3.8) is 0 Å². The van der Waals surface area contributed by atoms with Crippen LogP contribution in [0.4, 0.5) is 0 Å². The molecule has 1 heterocycles. The second-order valence-corrected chi connectivity index (χ2v) is 4.59. The molecule has 0 spiro atoms. The Hall–Kier alpha value is -2.42. The molecule has 0 unspecified atom stereocenters. The van der Waals surface area contributed by atoms with Gasteiger partial charge in [-0.05, 0) is 30.7 Å². The highest BCUT2D eigenvalue weighted by Gasteiger charge is 2.11. The summed E-state index contributed by atoms with van der Waals surface area (Å²) >= 11 is 0. The highest BCUT2D eigenvalue weighted by Crippen LogP contribution is 2.32. The Morgan fingerprint density at radius 2 is 1.89 bits per heavy atom. The minimum atomic E-state index is 0.251. The van der Waals surface area contributed by atoms with Gasteiger partial charge in [-0.2, -0.15) is 0 Å². The van der Waals surface area contributed by atoms with Gasteiger partial charge in [-0.1, -0.05) is 25.1 Å². The molecule has 1 aromatic heterocycles. The van der Waals surface area contributed by atoms with Crippen LogP contribution in [0.2, 0.25) is 0 Å². The lowest BCUT2D eigenvalue weighted by molar-refractivity contribution is 0.476. The van der Waals surface area contributed by atoms with Crippen LogP contribution in [0, 0.1) is 0 Å². The Morgan fingerprint density at radius 3 is 2.68 bits per heavy atom. The van der Waals surface area contributed by atoms with Crippen molar-refractivity contribution < 1.29 is 5.11 Å².